The highest BCUT2D eigenvalue weighted by Crippen LogP contribution is 2.30. The second-order valence-electron chi connectivity index (χ2n) is 3.63. The number of alkyl halides is 4. The van der Waals surface area contributed by atoms with E-state index in [9.17, 15) is 22.4 Å². The third-order valence-electron chi connectivity index (χ3n) is 2.50. The summed E-state index contributed by atoms with van der Waals surface area (Å²) in [5.41, 5.74) is 0.648. The van der Waals surface area contributed by atoms with Gasteiger partial charge in [-0.05, 0) is 18.1 Å². The van der Waals surface area contributed by atoms with Crippen LogP contribution in [0, 0.1) is 0 Å². The third kappa shape index (κ3) is 2.09. The summed E-state index contributed by atoms with van der Waals surface area (Å²) in [5, 5.41) is 0. The minimum atomic E-state index is -5.17. The maximum atomic E-state index is 12.9. The molecular weight excluding hydrogens is 240 g/mol. The van der Waals surface area contributed by atoms with Gasteiger partial charge in [-0.25, -0.2) is 9.37 Å². The van der Waals surface area contributed by atoms with Gasteiger partial charge in [-0.15, -0.1) is 0 Å². The van der Waals surface area contributed by atoms with Crippen molar-refractivity contribution in [1.29, 1.82) is 0 Å². The van der Waals surface area contributed by atoms with Crippen LogP contribution in [-0.4, -0.2) is 29.8 Å². The van der Waals surface area contributed by atoms with Crippen LogP contribution in [0.2, 0.25) is 0 Å². The molecule has 1 atom stereocenters. The molecule has 0 aliphatic carbocycles. The molecule has 1 aromatic heterocycles. The largest absolute Gasteiger partial charge is 0.428 e. The number of nitrogens with zero attached hydrogens (tertiary/aromatic N) is 2. The molecule has 0 bridgehead atoms. The number of carbonyl (C=O) groups excluding carboxylic acids is 1. The number of halogens is 4. The lowest BCUT2D eigenvalue weighted by Gasteiger charge is -2.19. The van der Waals surface area contributed by atoms with Crippen LogP contribution in [0.15, 0.2) is 18.3 Å². The van der Waals surface area contributed by atoms with Crippen molar-refractivity contribution in [2.45, 2.75) is 18.8 Å². The van der Waals surface area contributed by atoms with Crippen LogP contribution in [0.1, 0.15) is 5.56 Å². The monoisotopic (exact) mass is 248 g/mol. The number of rotatable bonds is 1. The van der Waals surface area contributed by atoms with Gasteiger partial charge in [0.25, 0.3) is 12.1 Å². The second kappa shape index (κ2) is 3.97. The molecule has 0 fully saturated rings. The van der Waals surface area contributed by atoms with Gasteiger partial charge in [0.1, 0.15) is 5.82 Å². The predicted octanol–water partition coefficient (Wildman–Crippen LogP) is 1.87. The lowest BCUT2D eigenvalue weighted by Crippen LogP contribution is -2.43. The highest BCUT2D eigenvalue weighted by molar-refractivity contribution is 5.97. The second-order valence-corrected chi connectivity index (χ2v) is 3.63. The van der Waals surface area contributed by atoms with E-state index in [4.69, 9.17) is 0 Å². The number of hydrogen-bond donors (Lipinski definition) is 0. The Labute approximate surface area is 94.1 Å². The Morgan fingerprint density at radius 3 is 2.82 bits per heavy atom. The Hall–Kier alpha value is -1.66. The lowest BCUT2D eigenvalue weighted by molar-refractivity contribution is -0.185. The summed E-state index contributed by atoms with van der Waals surface area (Å²) in [6, 6.07) is 3.26. The normalized spacial score (nSPS) is 16.8. The maximum absolute atomic E-state index is 12.9. The van der Waals surface area contributed by atoms with Crippen molar-refractivity contribution in [1.82, 2.24) is 4.98 Å². The lowest BCUT2D eigenvalue weighted by atomic mass is 10.2. The van der Waals surface area contributed by atoms with Gasteiger partial charge in [-0.1, -0.05) is 6.07 Å². The molecule has 0 unspecified atom stereocenters. The third-order valence-corrected chi connectivity index (χ3v) is 2.50. The summed E-state index contributed by atoms with van der Waals surface area (Å²) in [7, 11) is 0. The molecule has 0 radical (unpaired) electrons. The molecule has 1 aliphatic rings. The minimum absolute atomic E-state index is 0.0294. The zero-order valence-electron chi connectivity index (χ0n) is 8.54. The summed E-state index contributed by atoms with van der Waals surface area (Å²) in [6.45, 7) is 0.0294. The Kier molecular flexibility index (Phi) is 2.76. The Balaban J connectivity index is 2.24. The van der Waals surface area contributed by atoms with E-state index in [0.717, 1.165) is 4.90 Å². The number of hydrogen-bond acceptors (Lipinski definition) is 2. The van der Waals surface area contributed by atoms with E-state index < -0.39 is 18.3 Å². The van der Waals surface area contributed by atoms with Crippen LogP contribution in [0.3, 0.4) is 0 Å². The molecule has 0 saturated heterocycles. The van der Waals surface area contributed by atoms with Crippen molar-refractivity contribution < 1.29 is 22.4 Å². The first-order chi connectivity index (χ1) is 7.91. The summed E-state index contributed by atoms with van der Waals surface area (Å²) in [6.07, 6.45) is -6.92. The van der Waals surface area contributed by atoms with Crippen LogP contribution in [0.5, 0.6) is 0 Å². The van der Waals surface area contributed by atoms with E-state index in [0.29, 0.717) is 12.0 Å². The zero-order chi connectivity index (χ0) is 12.6. The van der Waals surface area contributed by atoms with E-state index in [1.54, 1.807) is 12.1 Å². The van der Waals surface area contributed by atoms with E-state index in [2.05, 4.69) is 4.98 Å². The molecule has 0 saturated carbocycles. The molecule has 1 aliphatic heterocycles. The zero-order valence-corrected chi connectivity index (χ0v) is 8.54. The number of carbonyl (C=O) groups is 1. The summed E-state index contributed by atoms with van der Waals surface area (Å²) >= 11 is 0. The van der Waals surface area contributed by atoms with Crippen molar-refractivity contribution >= 4 is 11.7 Å². The molecule has 3 nitrogen and oxygen atoms in total. The molecule has 7 heteroatoms. The van der Waals surface area contributed by atoms with Gasteiger partial charge in [-0.2, -0.15) is 13.2 Å². The first-order valence-corrected chi connectivity index (χ1v) is 4.87. The van der Waals surface area contributed by atoms with E-state index >= 15 is 0 Å². The van der Waals surface area contributed by atoms with E-state index in [1.807, 2.05) is 0 Å². The summed E-state index contributed by atoms with van der Waals surface area (Å²) in [4.78, 5) is 15.9. The molecule has 92 valence electrons. The highest BCUT2D eigenvalue weighted by Gasteiger charge is 2.48. The fourth-order valence-corrected chi connectivity index (χ4v) is 1.70. The van der Waals surface area contributed by atoms with Crippen LogP contribution < -0.4 is 4.90 Å². The summed E-state index contributed by atoms with van der Waals surface area (Å²) < 4.78 is 49.2. The average Bonchev–Trinajstić information content (AvgIpc) is 2.69. The number of pyridine rings is 1. The van der Waals surface area contributed by atoms with Gasteiger partial charge in [0, 0.05) is 12.7 Å². The quantitative estimate of drug-likeness (QED) is 0.711. The Bertz CT molecular complexity index is 446. The molecule has 1 aromatic rings. The maximum Gasteiger partial charge on any atom is 0.428 e. The standard InChI is InChI=1S/C10H8F4N2O/c11-7(10(12,13)14)9(17)16-5-3-6-2-1-4-15-8(6)16/h1-2,4,7H,3,5H2/t7-/m0/s1. The number of anilines is 1. The SMILES string of the molecule is O=C([C@H](F)C(F)(F)F)N1CCc2cccnc21. The van der Waals surface area contributed by atoms with Gasteiger partial charge in [0.2, 0.25) is 0 Å². The highest BCUT2D eigenvalue weighted by atomic mass is 19.4. The van der Waals surface area contributed by atoms with Crippen LogP contribution in [-0.2, 0) is 11.2 Å². The molecular formula is C10H8F4N2O. The van der Waals surface area contributed by atoms with Crippen LogP contribution in [0.4, 0.5) is 23.4 Å². The van der Waals surface area contributed by atoms with Crippen molar-refractivity contribution in [2.24, 2.45) is 0 Å². The first-order valence-electron chi connectivity index (χ1n) is 4.87. The van der Waals surface area contributed by atoms with Crippen molar-refractivity contribution in [3.8, 4) is 0 Å². The van der Waals surface area contributed by atoms with Crippen LogP contribution in [0.25, 0.3) is 0 Å². The fourth-order valence-electron chi connectivity index (χ4n) is 1.70. The number of amides is 1. The molecule has 0 N–H and O–H groups in total. The van der Waals surface area contributed by atoms with Crippen molar-refractivity contribution in [3.63, 3.8) is 0 Å². The van der Waals surface area contributed by atoms with E-state index in [1.165, 1.54) is 6.20 Å². The number of aromatic nitrogens is 1. The topological polar surface area (TPSA) is 33.2 Å². The van der Waals surface area contributed by atoms with Crippen molar-refractivity contribution in [3.05, 3.63) is 23.9 Å². The summed E-state index contributed by atoms with van der Waals surface area (Å²) in [5.74, 6) is -1.49. The smallest absolute Gasteiger partial charge is 0.293 e. The molecule has 17 heavy (non-hydrogen) atoms. The molecule has 0 spiro atoms. The molecule has 1 amide bonds. The fraction of sp³-hybridized carbons (Fsp3) is 0.400. The van der Waals surface area contributed by atoms with E-state index in [-0.39, 0.29) is 12.4 Å². The van der Waals surface area contributed by atoms with Gasteiger partial charge in [-0.3, -0.25) is 9.69 Å². The minimum Gasteiger partial charge on any atom is -0.293 e. The average molecular weight is 248 g/mol. The molecule has 2 rings (SSSR count). The van der Waals surface area contributed by atoms with Gasteiger partial charge >= 0.3 is 6.18 Å². The predicted molar refractivity (Wildman–Crippen MR) is 51.2 cm³/mol. The first kappa shape index (κ1) is 11.8. The van der Waals surface area contributed by atoms with Gasteiger partial charge in [0.15, 0.2) is 0 Å². The van der Waals surface area contributed by atoms with Crippen LogP contribution >= 0.6 is 0 Å². The van der Waals surface area contributed by atoms with Gasteiger partial charge in [0.05, 0.1) is 0 Å². The Morgan fingerprint density at radius 1 is 1.47 bits per heavy atom. The molecule has 2 heterocycles. The molecule has 0 aromatic carbocycles. The van der Waals surface area contributed by atoms with Gasteiger partial charge < -0.3 is 0 Å². The Morgan fingerprint density at radius 2 is 2.18 bits per heavy atom. The van der Waals surface area contributed by atoms with Crippen molar-refractivity contribution in [2.75, 3.05) is 11.4 Å². The number of fused-ring (bicyclic) bond motifs is 1.